The van der Waals surface area contributed by atoms with Gasteiger partial charge in [0.2, 0.25) is 0 Å². The molecule has 1 aliphatic carbocycles. The highest BCUT2D eigenvalue weighted by Gasteiger charge is 2.42. The molecule has 0 heterocycles. The molecular formula is C18H16O. The summed E-state index contributed by atoms with van der Waals surface area (Å²) in [4.78, 5) is 0. The summed E-state index contributed by atoms with van der Waals surface area (Å²) in [5.74, 6) is 3.79. The zero-order valence-electron chi connectivity index (χ0n) is 10.8. The number of terminal acetylenes is 1. The van der Waals surface area contributed by atoms with Crippen LogP contribution in [0, 0.1) is 12.3 Å². The van der Waals surface area contributed by atoms with Crippen molar-refractivity contribution in [3.8, 4) is 18.1 Å². The van der Waals surface area contributed by atoms with Gasteiger partial charge in [0.25, 0.3) is 0 Å². The second-order valence-electron chi connectivity index (χ2n) is 5.03. The number of hydrogen-bond donors (Lipinski definition) is 0. The maximum Gasteiger partial charge on any atom is 0.119 e. The Hall–Kier alpha value is -2.20. The Kier molecular flexibility index (Phi) is 3.01. The lowest BCUT2D eigenvalue weighted by Gasteiger charge is -2.10. The highest BCUT2D eigenvalue weighted by molar-refractivity contribution is 5.42. The van der Waals surface area contributed by atoms with E-state index in [-0.39, 0.29) is 5.41 Å². The van der Waals surface area contributed by atoms with Gasteiger partial charge in [-0.15, -0.1) is 6.42 Å². The van der Waals surface area contributed by atoms with Crippen molar-refractivity contribution in [2.75, 3.05) is 0 Å². The Balaban J connectivity index is 1.66. The summed E-state index contributed by atoms with van der Waals surface area (Å²) in [5.41, 5.74) is 2.42. The van der Waals surface area contributed by atoms with Gasteiger partial charge in [-0.05, 0) is 36.1 Å². The third-order valence-electron chi connectivity index (χ3n) is 3.68. The van der Waals surface area contributed by atoms with Crippen molar-refractivity contribution >= 4 is 0 Å². The van der Waals surface area contributed by atoms with Crippen molar-refractivity contribution < 1.29 is 4.74 Å². The molecule has 0 spiro atoms. The van der Waals surface area contributed by atoms with E-state index in [0.717, 1.165) is 18.6 Å². The van der Waals surface area contributed by atoms with Crippen LogP contribution in [0.25, 0.3) is 0 Å². The van der Waals surface area contributed by atoms with Crippen LogP contribution in [-0.2, 0) is 12.0 Å². The number of benzene rings is 2. The van der Waals surface area contributed by atoms with Gasteiger partial charge in [0.05, 0.1) is 5.41 Å². The van der Waals surface area contributed by atoms with E-state index in [1.807, 2.05) is 30.3 Å². The third kappa shape index (κ3) is 2.48. The molecule has 94 valence electrons. The fraction of sp³-hybridized carbons (Fsp3) is 0.222. The van der Waals surface area contributed by atoms with Crippen molar-refractivity contribution in [3.63, 3.8) is 0 Å². The Morgan fingerprint density at radius 3 is 2.26 bits per heavy atom. The quantitative estimate of drug-likeness (QED) is 0.745. The van der Waals surface area contributed by atoms with Crippen LogP contribution in [0.1, 0.15) is 24.0 Å². The summed E-state index contributed by atoms with van der Waals surface area (Å²) in [6, 6.07) is 18.4. The second kappa shape index (κ2) is 4.82. The molecule has 1 fully saturated rings. The maximum absolute atomic E-state index is 5.76. The molecule has 1 aliphatic rings. The van der Waals surface area contributed by atoms with Crippen LogP contribution in [0.2, 0.25) is 0 Å². The molecule has 0 aliphatic heterocycles. The fourth-order valence-corrected chi connectivity index (χ4v) is 2.25. The van der Waals surface area contributed by atoms with Gasteiger partial charge in [0, 0.05) is 0 Å². The summed E-state index contributed by atoms with van der Waals surface area (Å²) in [6.07, 6.45) is 7.80. The predicted molar refractivity (Wildman–Crippen MR) is 77.0 cm³/mol. The van der Waals surface area contributed by atoms with Gasteiger partial charge >= 0.3 is 0 Å². The van der Waals surface area contributed by atoms with Gasteiger partial charge in [0.15, 0.2) is 0 Å². The molecule has 0 atom stereocenters. The molecule has 1 heteroatoms. The Morgan fingerprint density at radius 2 is 1.68 bits per heavy atom. The smallest absolute Gasteiger partial charge is 0.119 e. The topological polar surface area (TPSA) is 9.23 Å². The minimum atomic E-state index is 0.0119. The molecule has 0 saturated heterocycles. The lowest BCUT2D eigenvalue weighted by molar-refractivity contribution is 0.306. The SMILES string of the molecule is C#CC1(c2ccc(OCc3ccccc3)cc2)CC1. The van der Waals surface area contributed by atoms with Crippen molar-refractivity contribution in [1.82, 2.24) is 0 Å². The summed E-state index contributed by atoms with van der Waals surface area (Å²) in [6.45, 7) is 0.598. The van der Waals surface area contributed by atoms with Gasteiger partial charge < -0.3 is 4.74 Å². The van der Waals surface area contributed by atoms with Crippen LogP contribution in [0.4, 0.5) is 0 Å². The average Bonchev–Trinajstić information content (AvgIpc) is 3.28. The van der Waals surface area contributed by atoms with Gasteiger partial charge in [0.1, 0.15) is 12.4 Å². The second-order valence-corrected chi connectivity index (χ2v) is 5.03. The van der Waals surface area contributed by atoms with E-state index in [0.29, 0.717) is 6.61 Å². The van der Waals surface area contributed by atoms with Crippen molar-refractivity contribution in [1.29, 1.82) is 0 Å². The van der Waals surface area contributed by atoms with Crippen LogP contribution in [0.15, 0.2) is 54.6 Å². The van der Waals surface area contributed by atoms with E-state index < -0.39 is 0 Å². The molecule has 1 nitrogen and oxygen atoms in total. The van der Waals surface area contributed by atoms with Crippen LogP contribution in [0.5, 0.6) is 5.75 Å². The summed E-state index contributed by atoms with van der Waals surface area (Å²) in [5, 5.41) is 0. The maximum atomic E-state index is 5.76. The Morgan fingerprint density at radius 1 is 1.00 bits per heavy atom. The first-order valence-electron chi connectivity index (χ1n) is 6.57. The van der Waals surface area contributed by atoms with Crippen molar-refractivity contribution in [2.45, 2.75) is 24.9 Å². The van der Waals surface area contributed by atoms with Gasteiger partial charge in [-0.1, -0.05) is 48.4 Å². The molecular weight excluding hydrogens is 232 g/mol. The van der Waals surface area contributed by atoms with Crippen molar-refractivity contribution in [2.24, 2.45) is 0 Å². The highest BCUT2D eigenvalue weighted by atomic mass is 16.5. The van der Waals surface area contributed by atoms with E-state index in [1.54, 1.807) is 0 Å². The average molecular weight is 248 g/mol. The summed E-state index contributed by atoms with van der Waals surface area (Å²) < 4.78 is 5.76. The summed E-state index contributed by atoms with van der Waals surface area (Å²) >= 11 is 0. The van der Waals surface area contributed by atoms with Crippen LogP contribution in [-0.4, -0.2) is 0 Å². The van der Waals surface area contributed by atoms with E-state index in [1.165, 1.54) is 11.1 Å². The molecule has 0 N–H and O–H groups in total. The Bertz CT molecular complexity index is 586. The predicted octanol–water partition coefficient (Wildman–Crippen LogP) is 3.93. The third-order valence-corrected chi connectivity index (χ3v) is 3.68. The van der Waals surface area contributed by atoms with E-state index >= 15 is 0 Å². The normalized spacial score (nSPS) is 15.5. The molecule has 2 aromatic carbocycles. The van der Waals surface area contributed by atoms with Gasteiger partial charge in [-0.25, -0.2) is 0 Å². The van der Waals surface area contributed by atoms with Crippen LogP contribution in [0.3, 0.4) is 0 Å². The first-order chi connectivity index (χ1) is 9.32. The first kappa shape index (κ1) is 11.9. The minimum Gasteiger partial charge on any atom is -0.489 e. The standard InChI is InChI=1S/C18H16O/c1-2-18(12-13-18)16-8-10-17(11-9-16)19-14-15-6-4-3-5-7-15/h1,3-11H,12-14H2. The molecule has 1 saturated carbocycles. The first-order valence-corrected chi connectivity index (χ1v) is 6.57. The van der Waals surface area contributed by atoms with Gasteiger partial charge in [-0.2, -0.15) is 0 Å². The van der Waals surface area contributed by atoms with E-state index in [9.17, 15) is 0 Å². The van der Waals surface area contributed by atoms with Crippen LogP contribution < -0.4 is 4.74 Å². The largest absolute Gasteiger partial charge is 0.489 e. The number of rotatable bonds is 4. The summed E-state index contributed by atoms with van der Waals surface area (Å²) in [7, 11) is 0. The molecule has 0 aromatic heterocycles. The molecule has 0 amide bonds. The molecule has 0 radical (unpaired) electrons. The molecule has 0 unspecified atom stereocenters. The lowest BCUT2D eigenvalue weighted by atomic mass is 9.97. The molecule has 3 rings (SSSR count). The van der Waals surface area contributed by atoms with Crippen LogP contribution >= 0.6 is 0 Å². The molecule has 19 heavy (non-hydrogen) atoms. The van der Waals surface area contributed by atoms with E-state index in [2.05, 4.69) is 30.2 Å². The van der Waals surface area contributed by atoms with Gasteiger partial charge in [-0.3, -0.25) is 0 Å². The fourth-order valence-electron chi connectivity index (χ4n) is 2.25. The monoisotopic (exact) mass is 248 g/mol. The minimum absolute atomic E-state index is 0.0119. The zero-order chi connectivity index (χ0) is 13.1. The van der Waals surface area contributed by atoms with E-state index in [4.69, 9.17) is 11.2 Å². The molecule has 2 aromatic rings. The number of ether oxygens (including phenoxy) is 1. The molecule has 0 bridgehead atoms. The zero-order valence-corrected chi connectivity index (χ0v) is 10.8. The highest BCUT2D eigenvalue weighted by Crippen LogP contribution is 2.47. The number of hydrogen-bond acceptors (Lipinski definition) is 1. The lowest BCUT2D eigenvalue weighted by Crippen LogP contribution is -2.02. The Labute approximate surface area is 114 Å². The van der Waals surface area contributed by atoms with Crippen molar-refractivity contribution in [3.05, 3.63) is 65.7 Å².